The van der Waals surface area contributed by atoms with E-state index in [9.17, 15) is 9.59 Å². The maximum absolute atomic E-state index is 12.4. The molecule has 0 aromatic carbocycles. The third kappa shape index (κ3) is 3.59. The minimum atomic E-state index is -1.01. The normalized spacial score (nSPS) is 11.4. The van der Waals surface area contributed by atoms with Crippen molar-refractivity contribution in [3.8, 4) is 0 Å². The Morgan fingerprint density at radius 3 is 2.40 bits per heavy atom. The number of amides is 1. The standard InChI is InChI=1S/C14H23N3O3/c1-6-7-16(9-12(18)19)13(20)11-8-15-17(10(11)2)14(3,4)5/h8H,6-7,9H2,1-5H3,(H,18,19). The summed E-state index contributed by atoms with van der Waals surface area (Å²) < 4.78 is 1.78. The molecule has 1 N–H and O–H groups in total. The SMILES string of the molecule is CCCN(CC(=O)O)C(=O)c1cnn(C(C)(C)C)c1C. The van der Waals surface area contributed by atoms with E-state index in [1.165, 1.54) is 11.1 Å². The number of nitrogens with zero attached hydrogens (tertiary/aromatic N) is 3. The molecule has 1 rings (SSSR count). The van der Waals surface area contributed by atoms with Gasteiger partial charge in [0.05, 0.1) is 17.3 Å². The summed E-state index contributed by atoms with van der Waals surface area (Å²) in [4.78, 5) is 24.6. The minimum Gasteiger partial charge on any atom is -0.480 e. The van der Waals surface area contributed by atoms with Crippen LogP contribution in [0.1, 0.15) is 50.2 Å². The van der Waals surface area contributed by atoms with Gasteiger partial charge in [-0.3, -0.25) is 14.3 Å². The van der Waals surface area contributed by atoms with Crippen LogP contribution in [0.15, 0.2) is 6.20 Å². The van der Waals surface area contributed by atoms with Crippen LogP contribution in [-0.4, -0.2) is 44.8 Å². The van der Waals surface area contributed by atoms with E-state index < -0.39 is 5.97 Å². The number of hydrogen-bond donors (Lipinski definition) is 1. The average molecular weight is 281 g/mol. The number of aromatic nitrogens is 2. The molecule has 1 aromatic rings. The zero-order valence-electron chi connectivity index (χ0n) is 12.8. The fraction of sp³-hybridized carbons (Fsp3) is 0.643. The van der Waals surface area contributed by atoms with E-state index in [-0.39, 0.29) is 18.0 Å². The van der Waals surface area contributed by atoms with Crippen molar-refractivity contribution in [2.24, 2.45) is 0 Å². The number of carbonyl (C=O) groups excluding carboxylic acids is 1. The number of carboxylic acids is 1. The van der Waals surface area contributed by atoms with E-state index in [4.69, 9.17) is 5.11 Å². The molecule has 0 saturated carbocycles. The van der Waals surface area contributed by atoms with Gasteiger partial charge in [0.15, 0.2) is 0 Å². The number of rotatable bonds is 5. The lowest BCUT2D eigenvalue weighted by atomic mass is 10.1. The molecule has 0 spiro atoms. The van der Waals surface area contributed by atoms with Crippen LogP contribution in [-0.2, 0) is 10.3 Å². The summed E-state index contributed by atoms with van der Waals surface area (Å²) in [6.07, 6.45) is 2.24. The second-order valence-electron chi connectivity index (χ2n) is 5.85. The van der Waals surface area contributed by atoms with Gasteiger partial charge in [0.25, 0.3) is 5.91 Å². The number of aliphatic carboxylic acids is 1. The molecule has 0 fully saturated rings. The molecule has 6 nitrogen and oxygen atoms in total. The van der Waals surface area contributed by atoms with Gasteiger partial charge in [-0.25, -0.2) is 0 Å². The van der Waals surface area contributed by atoms with Crippen LogP contribution in [0.4, 0.5) is 0 Å². The molecular weight excluding hydrogens is 258 g/mol. The molecule has 1 amide bonds. The van der Waals surface area contributed by atoms with Crippen LogP contribution >= 0.6 is 0 Å². The Morgan fingerprint density at radius 2 is 2.00 bits per heavy atom. The van der Waals surface area contributed by atoms with Crippen molar-refractivity contribution in [1.29, 1.82) is 0 Å². The monoisotopic (exact) mass is 281 g/mol. The molecule has 1 heterocycles. The number of carbonyl (C=O) groups is 2. The van der Waals surface area contributed by atoms with Crippen molar-refractivity contribution < 1.29 is 14.7 Å². The number of hydrogen-bond acceptors (Lipinski definition) is 3. The van der Waals surface area contributed by atoms with Gasteiger partial charge in [-0.05, 0) is 34.1 Å². The van der Waals surface area contributed by atoms with E-state index in [0.29, 0.717) is 18.5 Å². The molecule has 112 valence electrons. The quantitative estimate of drug-likeness (QED) is 0.894. The summed E-state index contributed by atoms with van der Waals surface area (Å²) in [6, 6.07) is 0. The predicted octanol–water partition coefficient (Wildman–Crippen LogP) is 1.88. The van der Waals surface area contributed by atoms with Crippen molar-refractivity contribution in [3.05, 3.63) is 17.5 Å². The second-order valence-corrected chi connectivity index (χ2v) is 5.85. The highest BCUT2D eigenvalue weighted by Crippen LogP contribution is 2.19. The van der Waals surface area contributed by atoms with Gasteiger partial charge < -0.3 is 10.0 Å². The molecule has 0 bridgehead atoms. The molecule has 0 radical (unpaired) electrons. The lowest BCUT2D eigenvalue weighted by molar-refractivity contribution is -0.137. The van der Waals surface area contributed by atoms with Crippen LogP contribution < -0.4 is 0 Å². The molecule has 0 aliphatic rings. The summed E-state index contributed by atoms with van der Waals surface area (Å²) in [7, 11) is 0. The first-order valence-corrected chi connectivity index (χ1v) is 6.74. The topological polar surface area (TPSA) is 75.4 Å². The highest BCUT2D eigenvalue weighted by Gasteiger charge is 2.25. The van der Waals surface area contributed by atoms with Gasteiger partial charge in [0.1, 0.15) is 6.54 Å². The van der Waals surface area contributed by atoms with Gasteiger partial charge in [-0.15, -0.1) is 0 Å². The van der Waals surface area contributed by atoms with Gasteiger partial charge in [-0.1, -0.05) is 6.92 Å². The molecule has 0 aliphatic heterocycles. The molecular formula is C14H23N3O3. The van der Waals surface area contributed by atoms with Crippen molar-refractivity contribution >= 4 is 11.9 Å². The maximum atomic E-state index is 12.4. The Balaban J connectivity index is 3.07. The highest BCUT2D eigenvalue weighted by atomic mass is 16.4. The predicted molar refractivity (Wildman–Crippen MR) is 75.8 cm³/mol. The number of carboxylic acid groups (broad SMARTS) is 1. The zero-order chi connectivity index (χ0) is 15.5. The van der Waals surface area contributed by atoms with E-state index in [1.54, 1.807) is 4.68 Å². The Morgan fingerprint density at radius 1 is 1.40 bits per heavy atom. The summed E-state index contributed by atoms with van der Waals surface area (Å²) in [5, 5.41) is 13.1. The Bertz CT molecular complexity index is 500. The van der Waals surface area contributed by atoms with E-state index in [0.717, 1.165) is 5.69 Å². The summed E-state index contributed by atoms with van der Waals surface area (Å²) >= 11 is 0. The minimum absolute atomic E-state index is 0.217. The maximum Gasteiger partial charge on any atom is 0.323 e. The highest BCUT2D eigenvalue weighted by molar-refractivity contribution is 5.96. The Kier molecular flexibility index (Phi) is 4.92. The van der Waals surface area contributed by atoms with E-state index >= 15 is 0 Å². The van der Waals surface area contributed by atoms with Crippen molar-refractivity contribution in [2.75, 3.05) is 13.1 Å². The Hall–Kier alpha value is -1.85. The first-order chi connectivity index (χ1) is 9.18. The smallest absolute Gasteiger partial charge is 0.323 e. The molecule has 6 heteroatoms. The molecule has 0 unspecified atom stereocenters. The zero-order valence-corrected chi connectivity index (χ0v) is 12.8. The molecule has 1 aromatic heterocycles. The van der Waals surface area contributed by atoms with Crippen molar-refractivity contribution in [1.82, 2.24) is 14.7 Å². The Labute approximate surface area is 119 Å². The third-order valence-corrected chi connectivity index (χ3v) is 2.98. The van der Waals surface area contributed by atoms with Crippen LogP contribution in [0.2, 0.25) is 0 Å². The first kappa shape index (κ1) is 16.2. The lowest BCUT2D eigenvalue weighted by Crippen LogP contribution is -2.36. The van der Waals surface area contributed by atoms with E-state index in [2.05, 4.69) is 5.10 Å². The van der Waals surface area contributed by atoms with E-state index in [1.807, 2.05) is 34.6 Å². The van der Waals surface area contributed by atoms with Crippen LogP contribution in [0.25, 0.3) is 0 Å². The lowest BCUT2D eigenvalue weighted by Gasteiger charge is -2.23. The summed E-state index contributed by atoms with van der Waals surface area (Å²) in [6.45, 7) is 9.88. The van der Waals surface area contributed by atoms with Crippen LogP contribution in [0.5, 0.6) is 0 Å². The van der Waals surface area contributed by atoms with Gasteiger partial charge in [0.2, 0.25) is 0 Å². The summed E-state index contributed by atoms with van der Waals surface area (Å²) in [5.41, 5.74) is 1.01. The van der Waals surface area contributed by atoms with Gasteiger partial charge >= 0.3 is 5.97 Å². The fourth-order valence-electron chi connectivity index (χ4n) is 2.15. The molecule has 0 saturated heterocycles. The second kappa shape index (κ2) is 6.07. The fourth-order valence-corrected chi connectivity index (χ4v) is 2.15. The average Bonchev–Trinajstić information content (AvgIpc) is 2.68. The summed E-state index contributed by atoms with van der Waals surface area (Å²) in [5.74, 6) is -1.28. The molecule has 0 atom stereocenters. The van der Waals surface area contributed by atoms with Crippen LogP contribution in [0, 0.1) is 6.92 Å². The van der Waals surface area contributed by atoms with Gasteiger partial charge in [-0.2, -0.15) is 5.10 Å². The third-order valence-electron chi connectivity index (χ3n) is 2.98. The molecule has 20 heavy (non-hydrogen) atoms. The largest absolute Gasteiger partial charge is 0.480 e. The van der Waals surface area contributed by atoms with Gasteiger partial charge in [0, 0.05) is 12.2 Å². The van der Waals surface area contributed by atoms with Crippen LogP contribution in [0.3, 0.4) is 0 Å². The van der Waals surface area contributed by atoms with Crippen molar-refractivity contribution in [3.63, 3.8) is 0 Å². The molecule has 0 aliphatic carbocycles. The first-order valence-electron chi connectivity index (χ1n) is 6.74. The van der Waals surface area contributed by atoms with Crippen molar-refractivity contribution in [2.45, 2.75) is 46.6 Å².